The molecule has 0 bridgehead atoms. The summed E-state index contributed by atoms with van der Waals surface area (Å²) in [5, 5.41) is 3.05. The molecule has 0 saturated carbocycles. The molecular weight excluding hydrogens is 350 g/mol. The Morgan fingerprint density at radius 3 is 2.65 bits per heavy atom. The fourth-order valence-corrected chi connectivity index (χ4v) is 4.13. The van der Waals surface area contributed by atoms with E-state index in [1.807, 2.05) is 36.1 Å². The summed E-state index contributed by atoms with van der Waals surface area (Å²) in [5.74, 6) is -0.0386. The molecular formula is C19H23N3O3S. The lowest BCUT2D eigenvalue weighted by Crippen LogP contribution is -2.39. The largest absolute Gasteiger partial charge is 0.376 e. The highest BCUT2D eigenvalue weighted by atomic mass is 32.2. The molecule has 0 aliphatic carbocycles. The third-order valence-corrected chi connectivity index (χ3v) is 6.34. The molecule has 0 fully saturated rings. The van der Waals surface area contributed by atoms with E-state index in [2.05, 4.69) is 5.32 Å². The van der Waals surface area contributed by atoms with Crippen molar-refractivity contribution in [2.75, 3.05) is 30.9 Å². The van der Waals surface area contributed by atoms with Crippen molar-refractivity contribution in [3.63, 3.8) is 0 Å². The Morgan fingerprint density at radius 1 is 1.19 bits per heavy atom. The number of nitrogens with one attached hydrogen (secondary N) is 1. The smallest absolute Gasteiger partial charge is 0.246 e. The number of carbonyl (C=O) groups excluding carboxylic acids is 1. The first kappa shape index (κ1) is 18.4. The van der Waals surface area contributed by atoms with Gasteiger partial charge in [0.25, 0.3) is 0 Å². The highest BCUT2D eigenvalue weighted by molar-refractivity contribution is 7.89. The first-order valence-corrected chi connectivity index (χ1v) is 9.91. The number of para-hydroxylation sites is 1. The van der Waals surface area contributed by atoms with Crippen LogP contribution in [0.25, 0.3) is 0 Å². The van der Waals surface area contributed by atoms with Crippen molar-refractivity contribution in [2.45, 2.75) is 24.3 Å². The molecule has 1 aliphatic rings. The molecule has 0 unspecified atom stereocenters. The van der Waals surface area contributed by atoms with Gasteiger partial charge in [0.1, 0.15) is 0 Å². The quantitative estimate of drug-likeness (QED) is 0.873. The number of carbonyl (C=O) groups is 1. The third-order valence-electron chi connectivity index (χ3n) is 4.53. The number of anilines is 2. The van der Waals surface area contributed by atoms with Gasteiger partial charge >= 0.3 is 0 Å². The predicted molar refractivity (Wildman–Crippen MR) is 103 cm³/mol. The Bertz CT molecular complexity index is 925. The third kappa shape index (κ3) is 3.45. The lowest BCUT2D eigenvalue weighted by Gasteiger charge is -2.23. The van der Waals surface area contributed by atoms with Crippen LogP contribution in [0.5, 0.6) is 0 Å². The summed E-state index contributed by atoms with van der Waals surface area (Å²) < 4.78 is 25.6. The molecule has 2 aromatic carbocycles. The molecule has 0 spiro atoms. The zero-order chi connectivity index (χ0) is 18.9. The standard InChI is InChI=1S/C19H23N3O3S/c1-14-11-15-7-4-5-10-18(15)22(14)19(23)13-20-16-8-6-9-17(12-16)26(24,25)21(2)3/h4-10,12,14,20H,11,13H2,1-3H3/t14-/m0/s1. The molecule has 0 saturated heterocycles. The van der Waals surface area contributed by atoms with E-state index in [1.54, 1.807) is 24.3 Å². The second kappa shape index (κ2) is 7.09. The maximum atomic E-state index is 12.7. The fraction of sp³-hybridized carbons (Fsp3) is 0.316. The topological polar surface area (TPSA) is 69.7 Å². The summed E-state index contributed by atoms with van der Waals surface area (Å²) in [7, 11) is -0.522. The Labute approximate surface area is 154 Å². The molecule has 1 amide bonds. The molecule has 1 N–H and O–H groups in total. The average molecular weight is 373 g/mol. The number of fused-ring (bicyclic) bond motifs is 1. The summed E-state index contributed by atoms with van der Waals surface area (Å²) in [4.78, 5) is 14.7. The van der Waals surface area contributed by atoms with Crippen LogP contribution in [0.3, 0.4) is 0 Å². The summed E-state index contributed by atoms with van der Waals surface area (Å²) in [5.41, 5.74) is 2.73. The van der Waals surface area contributed by atoms with E-state index in [-0.39, 0.29) is 23.4 Å². The van der Waals surface area contributed by atoms with Gasteiger partial charge < -0.3 is 10.2 Å². The minimum absolute atomic E-state index is 0.0386. The number of benzene rings is 2. The number of amides is 1. The van der Waals surface area contributed by atoms with E-state index in [0.717, 1.165) is 12.1 Å². The Morgan fingerprint density at radius 2 is 1.92 bits per heavy atom. The van der Waals surface area contributed by atoms with Crippen LogP contribution in [-0.4, -0.2) is 45.3 Å². The van der Waals surface area contributed by atoms with Crippen LogP contribution < -0.4 is 10.2 Å². The van der Waals surface area contributed by atoms with Gasteiger partial charge in [0, 0.05) is 31.5 Å². The molecule has 3 rings (SSSR count). The zero-order valence-electron chi connectivity index (χ0n) is 15.1. The fourth-order valence-electron chi connectivity index (χ4n) is 3.19. The van der Waals surface area contributed by atoms with Gasteiger partial charge in [-0.05, 0) is 43.2 Å². The van der Waals surface area contributed by atoms with Crippen LogP contribution in [0.1, 0.15) is 12.5 Å². The number of hydrogen-bond acceptors (Lipinski definition) is 4. The van der Waals surface area contributed by atoms with Crippen molar-refractivity contribution >= 4 is 27.3 Å². The van der Waals surface area contributed by atoms with Crippen LogP contribution >= 0.6 is 0 Å². The van der Waals surface area contributed by atoms with Crippen LogP contribution in [0, 0.1) is 0 Å². The second-order valence-corrected chi connectivity index (χ2v) is 8.77. The Balaban J connectivity index is 1.73. The van der Waals surface area contributed by atoms with Gasteiger partial charge in [-0.15, -0.1) is 0 Å². The van der Waals surface area contributed by atoms with Crippen molar-refractivity contribution in [3.05, 3.63) is 54.1 Å². The zero-order valence-corrected chi connectivity index (χ0v) is 16.0. The number of nitrogens with zero attached hydrogens (tertiary/aromatic N) is 2. The van der Waals surface area contributed by atoms with Crippen LogP contribution in [0.4, 0.5) is 11.4 Å². The van der Waals surface area contributed by atoms with Gasteiger partial charge in [-0.25, -0.2) is 12.7 Å². The number of rotatable bonds is 5. The Hall–Kier alpha value is -2.38. The normalized spacial score (nSPS) is 16.6. The first-order chi connectivity index (χ1) is 12.3. The molecule has 1 aliphatic heterocycles. The van der Waals surface area contributed by atoms with Crippen molar-refractivity contribution in [2.24, 2.45) is 0 Å². The minimum Gasteiger partial charge on any atom is -0.376 e. The van der Waals surface area contributed by atoms with Gasteiger partial charge in [-0.2, -0.15) is 0 Å². The highest BCUT2D eigenvalue weighted by Gasteiger charge is 2.30. The van der Waals surface area contributed by atoms with Crippen molar-refractivity contribution in [3.8, 4) is 0 Å². The van der Waals surface area contributed by atoms with Gasteiger partial charge in [0.2, 0.25) is 15.9 Å². The lowest BCUT2D eigenvalue weighted by molar-refractivity contribution is -0.117. The van der Waals surface area contributed by atoms with Gasteiger partial charge in [-0.3, -0.25) is 4.79 Å². The molecule has 7 heteroatoms. The van der Waals surface area contributed by atoms with Gasteiger partial charge in [-0.1, -0.05) is 24.3 Å². The van der Waals surface area contributed by atoms with Gasteiger partial charge in [0.05, 0.1) is 11.4 Å². The minimum atomic E-state index is -3.50. The summed E-state index contributed by atoms with van der Waals surface area (Å²) in [6.45, 7) is 2.13. The maximum absolute atomic E-state index is 12.7. The van der Waals surface area contributed by atoms with Crippen LogP contribution in [-0.2, 0) is 21.2 Å². The number of sulfonamides is 1. The molecule has 1 atom stereocenters. The van der Waals surface area contributed by atoms with E-state index in [1.165, 1.54) is 24.0 Å². The maximum Gasteiger partial charge on any atom is 0.246 e. The van der Waals surface area contributed by atoms with E-state index in [4.69, 9.17) is 0 Å². The molecule has 0 radical (unpaired) electrons. The van der Waals surface area contributed by atoms with Crippen molar-refractivity contribution < 1.29 is 13.2 Å². The van der Waals surface area contributed by atoms with E-state index < -0.39 is 10.0 Å². The summed E-state index contributed by atoms with van der Waals surface area (Å²) >= 11 is 0. The van der Waals surface area contributed by atoms with Gasteiger partial charge in [0.15, 0.2) is 0 Å². The van der Waals surface area contributed by atoms with E-state index in [0.29, 0.717) is 5.69 Å². The Kier molecular flexibility index (Phi) is 5.02. The molecule has 6 nitrogen and oxygen atoms in total. The van der Waals surface area contributed by atoms with Crippen molar-refractivity contribution in [1.82, 2.24) is 4.31 Å². The highest BCUT2D eigenvalue weighted by Crippen LogP contribution is 2.31. The summed E-state index contributed by atoms with van der Waals surface area (Å²) in [6.07, 6.45) is 0.846. The monoisotopic (exact) mass is 373 g/mol. The van der Waals surface area contributed by atoms with E-state index >= 15 is 0 Å². The molecule has 2 aromatic rings. The molecule has 0 aromatic heterocycles. The first-order valence-electron chi connectivity index (χ1n) is 8.47. The SMILES string of the molecule is C[C@H]1Cc2ccccc2N1C(=O)CNc1cccc(S(=O)(=O)N(C)C)c1. The molecule has 26 heavy (non-hydrogen) atoms. The summed E-state index contributed by atoms with van der Waals surface area (Å²) in [6, 6.07) is 14.5. The van der Waals surface area contributed by atoms with E-state index in [9.17, 15) is 13.2 Å². The molecule has 1 heterocycles. The lowest BCUT2D eigenvalue weighted by atomic mass is 10.1. The van der Waals surface area contributed by atoms with Crippen LogP contribution in [0.15, 0.2) is 53.4 Å². The average Bonchev–Trinajstić information content (AvgIpc) is 2.95. The number of hydrogen-bond donors (Lipinski definition) is 1. The second-order valence-electron chi connectivity index (χ2n) is 6.61. The predicted octanol–water partition coefficient (Wildman–Crippen LogP) is 2.33. The van der Waals surface area contributed by atoms with Crippen molar-refractivity contribution in [1.29, 1.82) is 0 Å². The van der Waals surface area contributed by atoms with Crippen LogP contribution in [0.2, 0.25) is 0 Å². The molecule has 138 valence electrons.